The fourth-order valence-electron chi connectivity index (χ4n) is 4.56. The number of aryl methyl sites for hydroxylation is 1. The quantitative estimate of drug-likeness (QED) is 0.187. The first-order chi connectivity index (χ1) is 20.3. The number of benzene rings is 3. The Morgan fingerprint density at radius 2 is 1.63 bits per heavy atom. The second kappa shape index (κ2) is 13.7. The van der Waals surface area contributed by atoms with E-state index in [0.717, 1.165) is 28.8 Å². The van der Waals surface area contributed by atoms with Gasteiger partial charge in [0.2, 0.25) is 0 Å². The third-order valence-corrected chi connectivity index (χ3v) is 9.07. The molecule has 0 unspecified atom stereocenters. The lowest BCUT2D eigenvalue weighted by molar-refractivity contribution is -0.135. The molecule has 0 amide bonds. The zero-order chi connectivity index (χ0) is 31.3. The minimum atomic E-state index is -4.34. The predicted octanol–water partition coefficient (Wildman–Crippen LogP) is 5.63. The molecule has 0 saturated carbocycles. The van der Waals surface area contributed by atoms with Crippen molar-refractivity contribution in [3.63, 3.8) is 0 Å². The molecule has 226 valence electrons. The van der Waals surface area contributed by atoms with Crippen molar-refractivity contribution in [1.29, 1.82) is 0 Å². The maximum atomic E-state index is 13.5. The van der Waals surface area contributed by atoms with Crippen LogP contribution in [0.15, 0.2) is 77.8 Å². The largest absolute Gasteiger partial charge is 0.480 e. The predicted molar refractivity (Wildman–Crippen MR) is 171 cm³/mol. The number of halogens is 2. The van der Waals surface area contributed by atoms with Crippen LogP contribution < -0.4 is 9.21 Å². The zero-order valence-corrected chi connectivity index (χ0v) is 26.3. The summed E-state index contributed by atoms with van der Waals surface area (Å²) in [6, 6.07) is 17.6. The van der Waals surface area contributed by atoms with Gasteiger partial charge in [-0.25, -0.2) is 13.4 Å². The number of anilines is 2. The molecule has 3 aromatic carbocycles. The van der Waals surface area contributed by atoms with E-state index >= 15 is 0 Å². The molecule has 0 fully saturated rings. The molecule has 12 heteroatoms. The zero-order valence-electron chi connectivity index (χ0n) is 24.0. The lowest BCUT2D eigenvalue weighted by atomic mass is 9.97. The van der Waals surface area contributed by atoms with Crippen LogP contribution in [0.25, 0.3) is 10.8 Å². The summed E-state index contributed by atoms with van der Waals surface area (Å²) in [5.41, 5.74) is 1.56. The van der Waals surface area contributed by atoms with Gasteiger partial charge in [-0.15, -0.1) is 0 Å². The molecule has 1 heterocycles. The summed E-state index contributed by atoms with van der Waals surface area (Å²) in [6.45, 7) is 0.926. The number of pyridine rings is 1. The molecule has 43 heavy (non-hydrogen) atoms. The van der Waals surface area contributed by atoms with Crippen molar-refractivity contribution in [3.05, 3.63) is 94.1 Å². The van der Waals surface area contributed by atoms with Gasteiger partial charge < -0.3 is 14.9 Å². The highest BCUT2D eigenvalue weighted by atomic mass is 35.5. The molecule has 0 atom stereocenters. The third kappa shape index (κ3) is 8.03. The van der Waals surface area contributed by atoms with Crippen LogP contribution >= 0.6 is 23.2 Å². The Balaban J connectivity index is 1.55. The molecular formula is C31H32Cl2N4O5S. The number of carboxylic acid groups (broad SMARTS) is 1. The number of carboxylic acids is 1. The van der Waals surface area contributed by atoms with Crippen molar-refractivity contribution in [2.45, 2.75) is 17.7 Å². The summed E-state index contributed by atoms with van der Waals surface area (Å²) >= 11 is 12.0. The number of sulfonamides is 1. The normalized spacial score (nSPS) is 11.6. The maximum absolute atomic E-state index is 13.5. The fraction of sp³-hybridized carbons (Fsp3) is 0.258. The van der Waals surface area contributed by atoms with Crippen LogP contribution in [0, 0.1) is 0 Å². The Labute approximate surface area is 261 Å². The number of rotatable bonds is 13. The van der Waals surface area contributed by atoms with Crippen molar-refractivity contribution < 1.29 is 23.1 Å². The average Bonchev–Trinajstić information content (AvgIpc) is 2.96. The Kier molecular flexibility index (Phi) is 10.3. The van der Waals surface area contributed by atoms with Crippen LogP contribution in [0.1, 0.15) is 22.3 Å². The number of hydrogen-bond acceptors (Lipinski definition) is 7. The number of aliphatic carboxylic acids is 1. The number of ketones is 1. The molecule has 0 aliphatic heterocycles. The van der Waals surface area contributed by atoms with Gasteiger partial charge in [0.1, 0.15) is 12.4 Å². The van der Waals surface area contributed by atoms with Gasteiger partial charge in [-0.2, -0.15) is 0 Å². The molecule has 1 aromatic heterocycles. The molecular weight excluding hydrogens is 611 g/mol. The van der Waals surface area contributed by atoms with Crippen LogP contribution in [0.3, 0.4) is 0 Å². The SMILES string of the molecule is CN(C)CCN(C)c1ccc(CCC(=O)c2cccc3cc(N(CC(=O)O)S(=O)(=O)c4cc(Cl)cc(Cl)c4)ccc23)cn1. The first kappa shape index (κ1) is 32.2. The average molecular weight is 644 g/mol. The fourth-order valence-corrected chi connectivity index (χ4v) is 6.69. The molecule has 4 aromatic rings. The van der Waals surface area contributed by atoms with Crippen molar-refractivity contribution >= 4 is 67.3 Å². The van der Waals surface area contributed by atoms with E-state index in [1.165, 1.54) is 24.3 Å². The van der Waals surface area contributed by atoms with Gasteiger partial charge in [0.25, 0.3) is 10.0 Å². The minimum absolute atomic E-state index is 0.0749. The topological polar surface area (TPSA) is 111 Å². The molecule has 0 spiro atoms. The minimum Gasteiger partial charge on any atom is -0.480 e. The van der Waals surface area contributed by atoms with Crippen molar-refractivity contribution in [3.8, 4) is 0 Å². The molecule has 0 bridgehead atoms. The van der Waals surface area contributed by atoms with E-state index in [1.807, 2.05) is 33.3 Å². The number of hydrogen-bond donors (Lipinski definition) is 1. The Hall–Kier alpha value is -3.70. The number of Topliss-reactive ketones (excluding diaryl/α,β-unsaturated/α-hetero) is 1. The molecule has 0 aliphatic carbocycles. The summed E-state index contributed by atoms with van der Waals surface area (Å²) in [4.78, 5) is 33.5. The molecule has 0 radical (unpaired) electrons. The molecule has 1 N–H and O–H groups in total. The van der Waals surface area contributed by atoms with Crippen LogP contribution in [-0.4, -0.2) is 75.9 Å². The van der Waals surface area contributed by atoms with E-state index in [2.05, 4.69) is 14.8 Å². The number of carbonyl (C=O) groups is 2. The Bertz CT molecular complexity index is 1730. The molecule has 0 aliphatic rings. The monoisotopic (exact) mass is 642 g/mol. The van der Waals surface area contributed by atoms with Gasteiger partial charge in [-0.3, -0.25) is 13.9 Å². The second-order valence-corrected chi connectivity index (χ2v) is 13.1. The molecule has 4 rings (SSSR count). The summed E-state index contributed by atoms with van der Waals surface area (Å²) in [5.74, 6) is -0.559. The van der Waals surface area contributed by atoms with Crippen LogP contribution in [-0.2, 0) is 21.2 Å². The van der Waals surface area contributed by atoms with Crippen LogP contribution in [0.2, 0.25) is 10.0 Å². The van der Waals surface area contributed by atoms with Crippen LogP contribution in [0.5, 0.6) is 0 Å². The van der Waals surface area contributed by atoms with E-state index in [4.69, 9.17) is 23.2 Å². The van der Waals surface area contributed by atoms with E-state index in [9.17, 15) is 23.1 Å². The Morgan fingerprint density at radius 3 is 2.26 bits per heavy atom. The van der Waals surface area contributed by atoms with E-state index < -0.39 is 22.5 Å². The number of aromatic nitrogens is 1. The number of fused-ring (bicyclic) bond motifs is 1. The van der Waals surface area contributed by atoms with Gasteiger partial charge in [-0.05, 0) is 73.3 Å². The third-order valence-electron chi connectivity index (χ3n) is 6.88. The number of nitrogens with zero attached hydrogens (tertiary/aromatic N) is 4. The number of carbonyl (C=O) groups excluding carboxylic acids is 1. The molecule has 9 nitrogen and oxygen atoms in total. The summed E-state index contributed by atoms with van der Waals surface area (Å²) in [6.07, 6.45) is 2.55. The maximum Gasteiger partial charge on any atom is 0.324 e. The molecule has 0 saturated heterocycles. The smallest absolute Gasteiger partial charge is 0.324 e. The summed E-state index contributed by atoms with van der Waals surface area (Å²) in [5, 5.41) is 10.9. The highest BCUT2D eigenvalue weighted by Gasteiger charge is 2.28. The summed E-state index contributed by atoms with van der Waals surface area (Å²) in [7, 11) is 1.70. The highest BCUT2D eigenvalue weighted by Crippen LogP contribution is 2.31. The van der Waals surface area contributed by atoms with Gasteiger partial charge in [-0.1, -0.05) is 53.5 Å². The first-order valence-electron chi connectivity index (χ1n) is 13.4. The lowest BCUT2D eigenvalue weighted by Crippen LogP contribution is -2.35. The van der Waals surface area contributed by atoms with Crippen molar-refractivity contribution in [1.82, 2.24) is 9.88 Å². The van der Waals surface area contributed by atoms with E-state index in [1.54, 1.807) is 36.5 Å². The van der Waals surface area contributed by atoms with Crippen molar-refractivity contribution in [2.75, 3.05) is 50.0 Å². The highest BCUT2D eigenvalue weighted by molar-refractivity contribution is 7.92. The van der Waals surface area contributed by atoms with Crippen molar-refractivity contribution in [2.24, 2.45) is 0 Å². The number of likely N-dealkylation sites (N-methyl/N-ethyl adjacent to an activating group) is 2. The van der Waals surface area contributed by atoms with E-state index in [-0.39, 0.29) is 32.8 Å². The van der Waals surface area contributed by atoms with Gasteiger partial charge in [0.05, 0.1) is 10.6 Å². The lowest BCUT2D eigenvalue weighted by Gasteiger charge is -2.23. The van der Waals surface area contributed by atoms with E-state index in [0.29, 0.717) is 22.8 Å². The van der Waals surface area contributed by atoms with Gasteiger partial charge in [0.15, 0.2) is 5.78 Å². The van der Waals surface area contributed by atoms with Crippen LogP contribution in [0.4, 0.5) is 11.5 Å². The van der Waals surface area contributed by atoms with Gasteiger partial charge >= 0.3 is 5.97 Å². The summed E-state index contributed by atoms with van der Waals surface area (Å²) < 4.78 is 27.8. The Morgan fingerprint density at radius 1 is 0.907 bits per heavy atom. The first-order valence-corrected chi connectivity index (χ1v) is 15.6. The standard InChI is InChI=1S/C31H32Cl2N4O5S/c1-35(2)13-14-36(3)30-12-8-21(19-34-30)7-11-29(38)28-6-4-5-22-15-25(9-10-27(22)28)37(20-31(39)40)43(41,42)26-17-23(32)16-24(33)18-26/h4-6,8-10,12,15-19H,7,11,13-14,20H2,1-3H3,(H,39,40). The second-order valence-electron chi connectivity index (χ2n) is 10.4. The van der Waals surface area contributed by atoms with Gasteiger partial charge in [0, 0.05) is 48.4 Å².